The maximum Gasteiger partial charge on any atom is 0.120 e. The van der Waals surface area contributed by atoms with E-state index in [-0.39, 0.29) is 5.75 Å². The first-order valence-electron chi connectivity index (χ1n) is 5.48. The molecular weight excluding hydrogens is 234 g/mol. The van der Waals surface area contributed by atoms with Gasteiger partial charge in [0.15, 0.2) is 0 Å². The Labute approximate surface area is 106 Å². The van der Waals surface area contributed by atoms with E-state index in [1.54, 1.807) is 18.2 Å². The van der Waals surface area contributed by atoms with Crippen LogP contribution in [0.2, 0.25) is 5.02 Å². The fourth-order valence-electron chi connectivity index (χ4n) is 1.63. The van der Waals surface area contributed by atoms with Gasteiger partial charge in [-0.25, -0.2) is 0 Å². The lowest BCUT2D eigenvalue weighted by Crippen LogP contribution is -2.12. The zero-order chi connectivity index (χ0) is 12.1. The highest BCUT2D eigenvalue weighted by Gasteiger charge is 2.01. The predicted octanol–water partition coefficient (Wildman–Crippen LogP) is 3.34. The molecule has 0 unspecified atom stereocenters. The molecule has 0 amide bonds. The van der Waals surface area contributed by atoms with Gasteiger partial charge < -0.3 is 10.4 Å². The zero-order valence-corrected chi connectivity index (χ0v) is 10.1. The molecule has 0 aliphatic rings. The predicted molar refractivity (Wildman–Crippen MR) is 70.1 cm³/mol. The van der Waals surface area contributed by atoms with Crippen molar-refractivity contribution in [1.82, 2.24) is 5.32 Å². The van der Waals surface area contributed by atoms with Crippen LogP contribution in [0.3, 0.4) is 0 Å². The van der Waals surface area contributed by atoms with E-state index in [2.05, 4.69) is 17.4 Å². The van der Waals surface area contributed by atoms with Crippen molar-refractivity contribution in [2.45, 2.75) is 13.1 Å². The van der Waals surface area contributed by atoms with E-state index in [1.165, 1.54) is 5.56 Å². The van der Waals surface area contributed by atoms with Crippen molar-refractivity contribution >= 4 is 11.6 Å². The number of phenols is 1. The molecule has 88 valence electrons. The van der Waals surface area contributed by atoms with Crippen molar-refractivity contribution in [3.8, 4) is 5.75 Å². The third kappa shape index (κ3) is 3.48. The van der Waals surface area contributed by atoms with Gasteiger partial charge in [-0.1, -0.05) is 41.9 Å². The maximum atomic E-state index is 9.63. The van der Waals surface area contributed by atoms with Gasteiger partial charge >= 0.3 is 0 Å². The molecule has 0 atom stereocenters. The highest BCUT2D eigenvalue weighted by Crippen LogP contribution is 2.21. The molecule has 0 aliphatic carbocycles. The summed E-state index contributed by atoms with van der Waals surface area (Å²) < 4.78 is 0. The van der Waals surface area contributed by atoms with E-state index in [4.69, 9.17) is 11.6 Å². The summed E-state index contributed by atoms with van der Waals surface area (Å²) in [5.41, 5.74) is 2.03. The van der Waals surface area contributed by atoms with Crippen molar-refractivity contribution in [2.24, 2.45) is 0 Å². The van der Waals surface area contributed by atoms with Crippen molar-refractivity contribution in [2.75, 3.05) is 0 Å². The standard InChI is InChI=1S/C14H14ClNO/c15-13-6-7-14(17)12(8-13)10-16-9-11-4-2-1-3-5-11/h1-8,16-17H,9-10H2. The first-order valence-corrected chi connectivity index (χ1v) is 5.85. The topological polar surface area (TPSA) is 32.3 Å². The van der Waals surface area contributed by atoms with Gasteiger partial charge in [0, 0.05) is 23.7 Å². The zero-order valence-electron chi connectivity index (χ0n) is 9.36. The Hall–Kier alpha value is -1.51. The van der Waals surface area contributed by atoms with Crippen LogP contribution >= 0.6 is 11.6 Å². The Balaban J connectivity index is 1.92. The second-order valence-corrected chi connectivity index (χ2v) is 4.30. The van der Waals surface area contributed by atoms with E-state index >= 15 is 0 Å². The number of hydrogen-bond acceptors (Lipinski definition) is 2. The normalized spacial score (nSPS) is 10.4. The van der Waals surface area contributed by atoms with Gasteiger partial charge in [-0.3, -0.25) is 0 Å². The molecule has 0 fully saturated rings. The number of rotatable bonds is 4. The first kappa shape index (κ1) is 12.0. The second kappa shape index (κ2) is 5.71. The Kier molecular flexibility index (Phi) is 4.02. The summed E-state index contributed by atoms with van der Waals surface area (Å²) in [7, 11) is 0. The minimum atomic E-state index is 0.273. The van der Waals surface area contributed by atoms with E-state index in [1.807, 2.05) is 18.2 Å². The summed E-state index contributed by atoms with van der Waals surface area (Å²) in [5, 5.41) is 13.5. The van der Waals surface area contributed by atoms with Crippen molar-refractivity contribution in [3.05, 3.63) is 64.7 Å². The average Bonchev–Trinajstić information content (AvgIpc) is 2.35. The molecule has 0 radical (unpaired) electrons. The minimum Gasteiger partial charge on any atom is -0.508 e. The van der Waals surface area contributed by atoms with Gasteiger partial charge in [0.05, 0.1) is 0 Å². The Morgan fingerprint density at radius 2 is 1.76 bits per heavy atom. The van der Waals surface area contributed by atoms with E-state index in [0.29, 0.717) is 11.6 Å². The molecule has 2 rings (SSSR count). The van der Waals surface area contributed by atoms with Crippen LogP contribution in [0, 0.1) is 0 Å². The lowest BCUT2D eigenvalue weighted by atomic mass is 10.2. The van der Waals surface area contributed by atoms with Gasteiger partial charge in [0.1, 0.15) is 5.75 Å². The fraction of sp³-hybridized carbons (Fsp3) is 0.143. The maximum absolute atomic E-state index is 9.63. The number of benzene rings is 2. The lowest BCUT2D eigenvalue weighted by Gasteiger charge is -2.07. The third-order valence-corrected chi connectivity index (χ3v) is 2.76. The molecule has 0 heterocycles. The molecule has 2 nitrogen and oxygen atoms in total. The molecule has 3 heteroatoms. The molecule has 2 aromatic rings. The smallest absolute Gasteiger partial charge is 0.120 e. The molecule has 0 bridgehead atoms. The van der Waals surface area contributed by atoms with Crippen molar-refractivity contribution in [1.29, 1.82) is 0 Å². The third-order valence-electron chi connectivity index (χ3n) is 2.53. The van der Waals surface area contributed by atoms with Crippen LogP contribution in [0.1, 0.15) is 11.1 Å². The number of halogens is 1. The molecule has 0 spiro atoms. The monoisotopic (exact) mass is 247 g/mol. The lowest BCUT2D eigenvalue weighted by molar-refractivity contribution is 0.464. The number of aromatic hydroxyl groups is 1. The van der Waals surface area contributed by atoms with Gasteiger partial charge in [0.25, 0.3) is 0 Å². The van der Waals surface area contributed by atoms with Crippen molar-refractivity contribution in [3.63, 3.8) is 0 Å². The Morgan fingerprint density at radius 1 is 1.00 bits per heavy atom. The summed E-state index contributed by atoms with van der Waals surface area (Å²) in [5.74, 6) is 0.273. The number of phenolic OH excluding ortho intramolecular Hbond substituents is 1. The SMILES string of the molecule is Oc1ccc(Cl)cc1CNCc1ccccc1. The first-order chi connectivity index (χ1) is 8.25. The molecule has 2 N–H and O–H groups in total. The largest absolute Gasteiger partial charge is 0.508 e. The quantitative estimate of drug-likeness (QED) is 0.869. The van der Waals surface area contributed by atoms with E-state index in [0.717, 1.165) is 12.1 Å². The molecule has 0 saturated carbocycles. The van der Waals surface area contributed by atoms with E-state index in [9.17, 15) is 5.11 Å². The molecule has 2 aromatic carbocycles. The molecule has 0 aliphatic heterocycles. The van der Waals surface area contributed by atoms with Crippen LogP contribution in [0.4, 0.5) is 0 Å². The Bertz CT molecular complexity index is 485. The average molecular weight is 248 g/mol. The summed E-state index contributed by atoms with van der Waals surface area (Å²) in [4.78, 5) is 0. The minimum absolute atomic E-state index is 0.273. The van der Waals surface area contributed by atoms with Gasteiger partial charge in [-0.15, -0.1) is 0 Å². The number of nitrogens with one attached hydrogen (secondary N) is 1. The Morgan fingerprint density at radius 3 is 2.53 bits per heavy atom. The molecular formula is C14H14ClNO. The highest BCUT2D eigenvalue weighted by atomic mass is 35.5. The van der Waals surface area contributed by atoms with Crippen LogP contribution < -0.4 is 5.32 Å². The summed E-state index contributed by atoms with van der Waals surface area (Å²) in [6, 6.07) is 15.2. The van der Waals surface area contributed by atoms with Crippen LogP contribution in [-0.4, -0.2) is 5.11 Å². The molecule has 0 saturated heterocycles. The van der Waals surface area contributed by atoms with Crippen LogP contribution in [0.15, 0.2) is 48.5 Å². The molecule has 17 heavy (non-hydrogen) atoms. The molecule has 0 aromatic heterocycles. The fourth-order valence-corrected chi connectivity index (χ4v) is 1.83. The van der Waals surface area contributed by atoms with E-state index < -0.39 is 0 Å². The highest BCUT2D eigenvalue weighted by molar-refractivity contribution is 6.30. The van der Waals surface area contributed by atoms with Gasteiger partial charge in [-0.05, 0) is 23.8 Å². The number of hydrogen-bond donors (Lipinski definition) is 2. The summed E-state index contributed by atoms with van der Waals surface area (Å²) >= 11 is 5.87. The summed E-state index contributed by atoms with van der Waals surface area (Å²) in [6.07, 6.45) is 0. The summed E-state index contributed by atoms with van der Waals surface area (Å²) in [6.45, 7) is 1.37. The van der Waals surface area contributed by atoms with Gasteiger partial charge in [0.2, 0.25) is 0 Å². The van der Waals surface area contributed by atoms with Crippen LogP contribution in [0.25, 0.3) is 0 Å². The second-order valence-electron chi connectivity index (χ2n) is 3.86. The van der Waals surface area contributed by atoms with Crippen LogP contribution in [-0.2, 0) is 13.1 Å². The van der Waals surface area contributed by atoms with Crippen LogP contribution in [0.5, 0.6) is 5.75 Å². The van der Waals surface area contributed by atoms with Crippen molar-refractivity contribution < 1.29 is 5.11 Å². The van der Waals surface area contributed by atoms with Gasteiger partial charge in [-0.2, -0.15) is 0 Å².